The maximum atomic E-state index is 12.9. The number of carbonyl (C=O) groups is 2. The molecule has 0 aromatic heterocycles. The number of benzene rings is 3. The number of para-hydroxylation sites is 1. The Morgan fingerprint density at radius 3 is 2.24 bits per heavy atom. The summed E-state index contributed by atoms with van der Waals surface area (Å²) in [7, 11) is 0. The molecule has 178 valence electrons. The Morgan fingerprint density at radius 2 is 1.50 bits per heavy atom. The van der Waals surface area contributed by atoms with Gasteiger partial charge < -0.3 is 20.1 Å². The lowest BCUT2D eigenvalue weighted by molar-refractivity contribution is -0.137. The number of hydrogen-bond donors (Lipinski definition) is 2. The lowest BCUT2D eigenvalue weighted by Gasteiger charge is -2.13. The molecule has 2 amide bonds. The van der Waals surface area contributed by atoms with Gasteiger partial charge in [0, 0.05) is 23.5 Å². The first-order valence-corrected chi connectivity index (χ1v) is 10.5. The van der Waals surface area contributed by atoms with Crippen LogP contribution in [-0.4, -0.2) is 31.6 Å². The normalized spacial score (nSPS) is 11.1. The van der Waals surface area contributed by atoms with Crippen molar-refractivity contribution in [1.29, 1.82) is 0 Å². The van der Waals surface area contributed by atoms with Crippen LogP contribution in [0, 0.1) is 0 Å². The number of alkyl halides is 3. The number of rotatable bonds is 9. The average Bonchev–Trinajstić information content (AvgIpc) is 2.82. The van der Waals surface area contributed by atoms with Gasteiger partial charge in [0.1, 0.15) is 12.4 Å². The molecule has 0 heterocycles. The molecule has 0 saturated heterocycles. The van der Waals surface area contributed by atoms with Crippen LogP contribution in [0.5, 0.6) is 5.75 Å². The van der Waals surface area contributed by atoms with E-state index in [0.29, 0.717) is 30.2 Å². The van der Waals surface area contributed by atoms with Crippen LogP contribution in [0.3, 0.4) is 0 Å². The molecule has 6 nitrogen and oxygen atoms in total. The Balaban J connectivity index is 1.69. The molecule has 3 rings (SSSR count). The first-order chi connectivity index (χ1) is 16.3. The van der Waals surface area contributed by atoms with Crippen molar-refractivity contribution in [2.75, 3.05) is 30.5 Å². The third-order valence-corrected chi connectivity index (χ3v) is 4.65. The van der Waals surface area contributed by atoms with Gasteiger partial charge in [-0.25, -0.2) is 0 Å². The van der Waals surface area contributed by atoms with Crippen molar-refractivity contribution >= 4 is 23.2 Å². The monoisotopic (exact) mass is 472 g/mol. The summed E-state index contributed by atoms with van der Waals surface area (Å²) >= 11 is 0. The molecule has 0 fully saturated rings. The highest BCUT2D eigenvalue weighted by Crippen LogP contribution is 2.30. The molecule has 0 unspecified atom stereocenters. The van der Waals surface area contributed by atoms with Crippen molar-refractivity contribution in [3.8, 4) is 5.75 Å². The number of hydrogen-bond acceptors (Lipinski definition) is 4. The van der Waals surface area contributed by atoms with Gasteiger partial charge in [-0.2, -0.15) is 13.2 Å². The molecule has 0 aliphatic heterocycles. The third-order valence-electron chi connectivity index (χ3n) is 4.65. The summed E-state index contributed by atoms with van der Waals surface area (Å²) in [5.74, 6) is -0.671. The van der Waals surface area contributed by atoms with E-state index >= 15 is 0 Å². The third kappa shape index (κ3) is 6.82. The standard InChI is InChI=1S/C25H23F3N2O4/c1-2-33-13-14-34-22-12-4-3-11-21(22)24(32)30-19-9-5-7-17(15-19)23(31)29-20-10-6-8-18(16-20)25(26,27)28/h3-12,15-16H,2,13-14H2,1H3,(H,29,31)(H,30,32). The molecular formula is C25H23F3N2O4. The van der Waals surface area contributed by atoms with Crippen molar-refractivity contribution in [3.63, 3.8) is 0 Å². The Kier molecular flexibility index (Phi) is 8.26. The van der Waals surface area contributed by atoms with E-state index in [9.17, 15) is 22.8 Å². The smallest absolute Gasteiger partial charge is 0.416 e. The van der Waals surface area contributed by atoms with Gasteiger partial charge in [-0.3, -0.25) is 9.59 Å². The topological polar surface area (TPSA) is 76.7 Å². The van der Waals surface area contributed by atoms with Crippen LogP contribution in [0.15, 0.2) is 72.8 Å². The van der Waals surface area contributed by atoms with Crippen molar-refractivity contribution in [2.45, 2.75) is 13.1 Å². The largest absolute Gasteiger partial charge is 0.490 e. The van der Waals surface area contributed by atoms with Crippen molar-refractivity contribution < 1.29 is 32.2 Å². The van der Waals surface area contributed by atoms with Gasteiger partial charge in [-0.1, -0.05) is 24.3 Å². The number of halogens is 3. The molecule has 2 N–H and O–H groups in total. The van der Waals surface area contributed by atoms with Gasteiger partial charge in [0.15, 0.2) is 0 Å². The van der Waals surface area contributed by atoms with Gasteiger partial charge in [0.2, 0.25) is 0 Å². The van der Waals surface area contributed by atoms with E-state index in [4.69, 9.17) is 9.47 Å². The van der Waals surface area contributed by atoms with Gasteiger partial charge in [-0.05, 0) is 55.5 Å². The predicted octanol–water partition coefficient (Wildman–Crippen LogP) is 5.63. The number of ether oxygens (including phenoxy) is 2. The maximum Gasteiger partial charge on any atom is 0.416 e. The highest BCUT2D eigenvalue weighted by atomic mass is 19.4. The Bertz CT molecular complexity index is 1150. The molecule has 0 bridgehead atoms. The van der Waals surface area contributed by atoms with Crippen LogP contribution in [0.1, 0.15) is 33.2 Å². The van der Waals surface area contributed by atoms with Crippen molar-refractivity contribution in [1.82, 2.24) is 0 Å². The van der Waals surface area contributed by atoms with E-state index in [1.165, 1.54) is 24.3 Å². The van der Waals surface area contributed by atoms with Crippen LogP contribution < -0.4 is 15.4 Å². The molecule has 3 aromatic carbocycles. The van der Waals surface area contributed by atoms with Crippen LogP contribution in [0.4, 0.5) is 24.5 Å². The zero-order valence-electron chi connectivity index (χ0n) is 18.3. The summed E-state index contributed by atoms with van der Waals surface area (Å²) in [6, 6.07) is 17.1. The second kappa shape index (κ2) is 11.3. The summed E-state index contributed by atoms with van der Waals surface area (Å²) in [5, 5.41) is 5.15. The van der Waals surface area contributed by atoms with E-state index in [-0.39, 0.29) is 17.9 Å². The van der Waals surface area contributed by atoms with E-state index < -0.39 is 23.6 Å². The van der Waals surface area contributed by atoms with Gasteiger partial charge in [0.05, 0.1) is 17.7 Å². The number of carbonyl (C=O) groups excluding carboxylic acids is 2. The minimum atomic E-state index is -4.52. The fourth-order valence-electron chi connectivity index (χ4n) is 3.05. The molecular weight excluding hydrogens is 449 g/mol. The molecule has 0 aliphatic rings. The fourth-order valence-corrected chi connectivity index (χ4v) is 3.05. The lowest BCUT2D eigenvalue weighted by Crippen LogP contribution is -2.16. The Morgan fingerprint density at radius 1 is 0.824 bits per heavy atom. The van der Waals surface area contributed by atoms with Gasteiger partial charge >= 0.3 is 6.18 Å². The zero-order chi connectivity index (χ0) is 24.6. The number of amides is 2. The van der Waals surface area contributed by atoms with Crippen molar-refractivity contribution in [2.24, 2.45) is 0 Å². The lowest BCUT2D eigenvalue weighted by atomic mass is 10.1. The average molecular weight is 472 g/mol. The molecule has 0 atom stereocenters. The molecule has 3 aromatic rings. The first kappa shape index (κ1) is 24.8. The van der Waals surface area contributed by atoms with Crippen molar-refractivity contribution in [3.05, 3.63) is 89.5 Å². The van der Waals surface area contributed by atoms with Crippen LogP contribution in [-0.2, 0) is 10.9 Å². The Hall–Kier alpha value is -3.85. The summed E-state index contributed by atoms with van der Waals surface area (Å²) in [6.07, 6.45) is -4.52. The summed E-state index contributed by atoms with van der Waals surface area (Å²) in [6.45, 7) is 3.09. The first-order valence-electron chi connectivity index (χ1n) is 10.5. The zero-order valence-corrected chi connectivity index (χ0v) is 18.3. The van der Waals surface area contributed by atoms with Crippen LogP contribution >= 0.6 is 0 Å². The second-order valence-corrected chi connectivity index (χ2v) is 7.11. The van der Waals surface area contributed by atoms with E-state index in [0.717, 1.165) is 12.1 Å². The minimum absolute atomic E-state index is 0.00684. The maximum absolute atomic E-state index is 12.9. The van der Waals surface area contributed by atoms with Crippen LogP contribution in [0.25, 0.3) is 0 Å². The molecule has 0 spiro atoms. The number of nitrogens with one attached hydrogen (secondary N) is 2. The highest BCUT2D eigenvalue weighted by Gasteiger charge is 2.30. The summed E-state index contributed by atoms with van der Waals surface area (Å²) in [4.78, 5) is 25.4. The SMILES string of the molecule is CCOCCOc1ccccc1C(=O)Nc1cccc(C(=O)Nc2cccc(C(F)(F)F)c2)c1. The van der Waals surface area contributed by atoms with E-state index in [2.05, 4.69) is 10.6 Å². The highest BCUT2D eigenvalue weighted by molar-refractivity contribution is 6.08. The molecule has 34 heavy (non-hydrogen) atoms. The van der Waals surface area contributed by atoms with Crippen LogP contribution in [0.2, 0.25) is 0 Å². The van der Waals surface area contributed by atoms with E-state index in [1.54, 1.807) is 36.4 Å². The van der Waals surface area contributed by atoms with E-state index in [1.807, 2.05) is 6.92 Å². The molecule has 0 radical (unpaired) electrons. The summed E-state index contributed by atoms with van der Waals surface area (Å²) in [5.41, 5.74) is -0.0547. The Labute approximate surface area is 194 Å². The molecule has 9 heteroatoms. The quantitative estimate of drug-likeness (QED) is 0.396. The van der Waals surface area contributed by atoms with Gasteiger partial charge in [-0.15, -0.1) is 0 Å². The fraction of sp³-hybridized carbons (Fsp3) is 0.200. The number of anilines is 2. The van der Waals surface area contributed by atoms with Gasteiger partial charge in [0.25, 0.3) is 11.8 Å². The predicted molar refractivity (Wildman–Crippen MR) is 122 cm³/mol. The minimum Gasteiger partial charge on any atom is -0.490 e. The summed E-state index contributed by atoms with van der Waals surface area (Å²) < 4.78 is 49.6. The molecule has 0 aliphatic carbocycles. The molecule has 0 saturated carbocycles. The second-order valence-electron chi connectivity index (χ2n) is 7.11.